The molecule has 0 bridgehead atoms. The summed E-state index contributed by atoms with van der Waals surface area (Å²) in [7, 11) is 0. The van der Waals surface area contributed by atoms with Crippen molar-refractivity contribution in [2.24, 2.45) is 23.2 Å². The van der Waals surface area contributed by atoms with Crippen molar-refractivity contribution in [1.82, 2.24) is 0 Å². The summed E-state index contributed by atoms with van der Waals surface area (Å²) in [6, 6.07) is 0. The predicted octanol–water partition coefficient (Wildman–Crippen LogP) is 1.77. The first-order valence-electron chi connectivity index (χ1n) is 8.53. The Bertz CT molecular complexity index is 606. The topological polar surface area (TPSA) is 58.9 Å². The van der Waals surface area contributed by atoms with Gasteiger partial charge in [-0.25, -0.2) is 0 Å². The molecule has 1 heterocycles. The summed E-state index contributed by atoms with van der Waals surface area (Å²) < 4.78 is 12.8. The summed E-state index contributed by atoms with van der Waals surface area (Å²) in [6.07, 6.45) is 7.57. The Morgan fingerprint density at radius 3 is 2.86 bits per heavy atom. The second kappa shape index (κ2) is 3.86. The molecule has 6 atom stereocenters. The predicted molar refractivity (Wildman–Crippen MR) is 79.9 cm³/mol. The van der Waals surface area contributed by atoms with E-state index in [-0.39, 0.29) is 30.3 Å². The Labute approximate surface area is 130 Å². The van der Waals surface area contributed by atoms with Gasteiger partial charge in [0.25, 0.3) is 0 Å². The van der Waals surface area contributed by atoms with Crippen LogP contribution in [0.5, 0.6) is 0 Å². The van der Waals surface area contributed by atoms with Gasteiger partial charge in [-0.15, -0.1) is 0 Å². The van der Waals surface area contributed by atoms with E-state index < -0.39 is 5.79 Å². The molecule has 0 aromatic heterocycles. The normalized spacial score (nSPS) is 53.3. The van der Waals surface area contributed by atoms with Crippen LogP contribution >= 0.6 is 0 Å². The Hall–Kier alpha value is -0.680. The van der Waals surface area contributed by atoms with E-state index in [2.05, 4.69) is 12.2 Å². The number of ether oxygens (including phenoxy) is 2. The quantitative estimate of drug-likeness (QED) is 0.816. The molecule has 3 saturated carbocycles. The highest BCUT2D eigenvalue weighted by molar-refractivity contribution is 5.57. The number of aliphatic hydroxyl groups is 2. The smallest absolute Gasteiger partial charge is 0.164 e. The van der Waals surface area contributed by atoms with E-state index in [9.17, 15) is 10.2 Å². The highest BCUT2D eigenvalue weighted by Crippen LogP contribution is 2.82. The van der Waals surface area contributed by atoms with Gasteiger partial charge in [-0.1, -0.05) is 18.6 Å². The van der Waals surface area contributed by atoms with E-state index in [1.165, 1.54) is 5.57 Å². The van der Waals surface area contributed by atoms with Gasteiger partial charge < -0.3 is 19.7 Å². The molecule has 1 saturated heterocycles. The van der Waals surface area contributed by atoms with Gasteiger partial charge in [-0.05, 0) is 55.6 Å². The molecule has 22 heavy (non-hydrogen) atoms. The van der Waals surface area contributed by atoms with Gasteiger partial charge in [0.1, 0.15) is 11.7 Å². The largest absolute Gasteiger partial charge is 0.396 e. The summed E-state index contributed by atoms with van der Waals surface area (Å²) in [5.74, 6) is 0.561. The van der Waals surface area contributed by atoms with Gasteiger partial charge in [0.2, 0.25) is 0 Å². The first-order valence-corrected chi connectivity index (χ1v) is 8.53. The third-order valence-electron chi connectivity index (χ3n) is 7.05. The van der Waals surface area contributed by atoms with Crippen LogP contribution in [-0.4, -0.2) is 40.9 Å². The standard InChI is InChI=1S/C18H24O4/c1-16(2)21-15-14-10(8-19)5-6-13-11(9-20)12-4-3-7-17(15,22-16)18(12,13)14/h5-6,11-13,15,19-20H,3-4,7-9H2,1-2H3/t11-,12-,13-,15+,17+,18-/m1/s1. The second-order valence-corrected chi connectivity index (χ2v) is 8.09. The van der Waals surface area contributed by atoms with Crippen LogP contribution in [-0.2, 0) is 9.47 Å². The van der Waals surface area contributed by atoms with Gasteiger partial charge in [0, 0.05) is 12.0 Å². The maximum absolute atomic E-state index is 9.85. The fourth-order valence-electron chi connectivity index (χ4n) is 6.72. The molecule has 2 N–H and O–H groups in total. The molecule has 0 radical (unpaired) electrons. The van der Waals surface area contributed by atoms with Crippen molar-refractivity contribution in [3.05, 3.63) is 23.3 Å². The minimum absolute atomic E-state index is 0.0143. The molecule has 1 aliphatic heterocycles. The van der Waals surface area contributed by atoms with E-state index in [0.29, 0.717) is 17.8 Å². The van der Waals surface area contributed by atoms with Crippen LogP contribution in [0.25, 0.3) is 0 Å². The third-order valence-corrected chi connectivity index (χ3v) is 7.05. The Morgan fingerprint density at radius 2 is 2.14 bits per heavy atom. The van der Waals surface area contributed by atoms with Crippen LogP contribution in [0.15, 0.2) is 23.3 Å². The van der Waals surface area contributed by atoms with Crippen LogP contribution in [0, 0.1) is 23.2 Å². The van der Waals surface area contributed by atoms with Crippen LogP contribution in [0.2, 0.25) is 0 Å². The number of fused-ring (bicyclic) bond motifs is 1. The fraction of sp³-hybridized carbons (Fsp3) is 0.778. The molecule has 120 valence electrons. The average molecular weight is 304 g/mol. The molecule has 0 aromatic rings. The molecule has 4 fully saturated rings. The average Bonchev–Trinajstić information content (AvgIpc) is 2.67. The Kier molecular flexibility index (Phi) is 2.41. The SMILES string of the molecule is CC1(C)O[C@H]2C3=C(CO)C=C[C@@H]4[C@H](CO)[C@H]5CCC[C@@]2(O1)[C@@]345. The van der Waals surface area contributed by atoms with E-state index in [0.717, 1.165) is 24.8 Å². The van der Waals surface area contributed by atoms with Gasteiger partial charge in [0.15, 0.2) is 5.79 Å². The van der Waals surface area contributed by atoms with E-state index in [4.69, 9.17) is 9.47 Å². The minimum atomic E-state index is -0.568. The number of aliphatic hydroxyl groups excluding tert-OH is 2. The van der Waals surface area contributed by atoms with Crippen LogP contribution < -0.4 is 0 Å². The maximum atomic E-state index is 9.85. The third kappa shape index (κ3) is 1.14. The van der Waals surface area contributed by atoms with Crippen molar-refractivity contribution in [3.63, 3.8) is 0 Å². The highest BCUT2D eigenvalue weighted by atomic mass is 16.8. The lowest BCUT2D eigenvalue weighted by atomic mass is 9.27. The van der Waals surface area contributed by atoms with Crippen LogP contribution in [0.4, 0.5) is 0 Å². The van der Waals surface area contributed by atoms with Crippen molar-refractivity contribution in [3.8, 4) is 0 Å². The van der Waals surface area contributed by atoms with Crippen LogP contribution in [0.1, 0.15) is 33.1 Å². The van der Waals surface area contributed by atoms with E-state index in [1.807, 2.05) is 13.8 Å². The lowest BCUT2D eigenvalue weighted by Gasteiger charge is -2.78. The first-order chi connectivity index (χ1) is 10.5. The van der Waals surface area contributed by atoms with Crippen molar-refractivity contribution >= 4 is 0 Å². The van der Waals surface area contributed by atoms with Gasteiger partial charge in [0.05, 0.1) is 6.61 Å². The number of rotatable bonds is 2. The number of hydrogen-bond acceptors (Lipinski definition) is 4. The zero-order valence-corrected chi connectivity index (χ0v) is 13.2. The molecule has 4 aliphatic carbocycles. The van der Waals surface area contributed by atoms with Crippen LogP contribution in [0.3, 0.4) is 0 Å². The molecule has 4 nitrogen and oxygen atoms in total. The van der Waals surface area contributed by atoms with Gasteiger partial charge in [-0.2, -0.15) is 0 Å². The molecule has 5 aliphatic rings. The van der Waals surface area contributed by atoms with Crippen molar-refractivity contribution in [1.29, 1.82) is 0 Å². The molecule has 4 heteroatoms. The first kappa shape index (κ1) is 13.7. The molecular weight excluding hydrogens is 280 g/mol. The van der Waals surface area contributed by atoms with E-state index in [1.54, 1.807) is 0 Å². The van der Waals surface area contributed by atoms with Gasteiger partial charge >= 0.3 is 0 Å². The summed E-state index contributed by atoms with van der Waals surface area (Å²) in [6.45, 7) is 4.30. The second-order valence-electron chi connectivity index (χ2n) is 8.09. The zero-order chi connectivity index (χ0) is 15.3. The number of hydrogen-bond donors (Lipinski definition) is 2. The van der Waals surface area contributed by atoms with Gasteiger partial charge in [-0.3, -0.25) is 0 Å². The molecule has 5 rings (SSSR count). The Morgan fingerprint density at radius 1 is 1.32 bits per heavy atom. The van der Waals surface area contributed by atoms with E-state index >= 15 is 0 Å². The molecular formula is C18H24O4. The molecule has 0 aromatic carbocycles. The summed E-state index contributed by atoms with van der Waals surface area (Å²) in [5, 5.41) is 19.7. The summed E-state index contributed by atoms with van der Waals surface area (Å²) >= 11 is 0. The lowest BCUT2D eigenvalue weighted by Crippen LogP contribution is -2.82. The fourth-order valence-corrected chi connectivity index (χ4v) is 6.72. The maximum Gasteiger partial charge on any atom is 0.164 e. The lowest BCUT2D eigenvalue weighted by molar-refractivity contribution is -0.296. The zero-order valence-electron chi connectivity index (χ0n) is 13.2. The summed E-state index contributed by atoms with van der Waals surface area (Å²) in [4.78, 5) is 0. The van der Waals surface area contributed by atoms with Crippen molar-refractivity contribution in [2.75, 3.05) is 13.2 Å². The van der Waals surface area contributed by atoms with Crippen molar-refractivity contribution < 1.29 is 19.7 Å². The molecule has 0 amide bonds. The number of allylic oxidation sites excluding steroid dienone is 1. The Balaban J connectivity index is 1.71. The molecule has 2 spiro atoms. The summed E-state index contributed by atoms with van der Waals surface area (Å²) in [5.41, 5.74) is 2.03. The van der Waals surface area contributed by atoms with Crippen molar-refractivity contribution in [2.45, 2.75) is 50.6 Å². The monoisotopic (exact) mass is 304 g/mol. The molecule has 0 unspecified atom stereocenters. The highest BCUT2D eigenvalue weighted by Gasteiger charge is 2.86. The minimum Gasteiger partial charge on any atom is -0.396 e.